The highest BCUT2D eigenvalue weighted by Crippen LogP contribution is 2.29. The Labute approximate surface area is 89.9 Å². The van der Waals surface area contributed by atoms with Crippen LogP contribution in [-0.4, -0.2) is 17.7 Å². The van der Waals surface area contributed by atoms with Crippen molar-refractivity contribution < 1.29 is 19.1 Å². The molecule has 0 aromatic rings. The highest BCUT2D eigenvalue weighted by Gasteiger charge is 2.45. The molecule has 1 heterocycles. The Bertz CT molecular complexity index is 250. The molecule has 0 saturated carbocycles. The summed E-state index contributed by atoms with van der Waals surface area (Å²) in [5.74, 6) is -2.81. The minimum Gasteiger partial charge on any atom is -0.422 e. The third-order valence-electron chi connectivity index (χ3n) is 2.51. The molecule has 1 atom stereocenters. The van der Waals surface area contributed by atoms with Crippen molar-refractivity contribution in [3.05, 3.63) is 0 Å². The lowest BCUT2D eigenvalue weighted by atomic mass is 9.89. The minimum atomic E-state index is -1.11. The molecule has 0 spiro atoms. The van der Waals surface area contributed by atoms with Gasteiger partial charge in [0.2, 0.25) is 0 Å². The lowest BCUT2D eigenvalue weighted by Gasteiger charge is -2.34. The van der Waals surface area contributed by atoms with Gasteiger partial charge in [0.05, 0.1) is 0 Å². The molecule has 4 heteroatoms. The predicted molar refractivity (Wildman–Crippen MR) is 53.8 cm³/mol. The van der Waals surface area contributed by atoms with E-state index in [0.29, 0.717) is 0 Å². The third kappa shape index (κ3) is 2.70. The van der Waals surface area contributed by atoms with Gasteiger partial charge in [-0.25, -0.2) is 0 Å². The van der Waals surface area contributed by atoms with Crippen molar-refractivity contribution in [2.75, 3.05) is 0 Å². The van der Waals surface area contributed by atoms with Gasteiger partial charge in [0, 0.05) is 13.8 Å². The van der Waals surface area contributed by atoms with Crippen LogP contribution in [-0.2, 0) is 19.1 Å². The Morgan fingerprint density at radius 1 is 1.27 bits per heavy atom. The van der Waals surface area contributed by atoms with E-state index in [1.807, 2.05) is 13.8 Å². The number of ether oxygens (including phenoxy) is 2. The molecule has 1 aliphatic rings. The minimum absolute atomic E-state index is 0.0221. The summed E-state index contributed by atoms with van der Waals surface area (Å²) in [5.41, 5.74) is 0. The Kier molecular flexibility index (Phi) is 3.37. The fraction of sp³-hybridized carbons (Fsp3) is 0.818. The number of rotatable bonds is 3. The third-order valence-corrected chi connectivity index (χ3v) is 2.51. The molecule has 1 unspecified atom stereocenters. The van der Waals surface area contributed by atoms with Crippen molar-refractivity contribution >= 4 is 11.9 Å². The first-order valence-electron chi connectivity index (χ1n) is 5.33. The van der Waals surface area contributed by atoms with Crippen LogP contribution in [0, 0.1) is 11.8 Å². The average molecular weight is 214 g/mol. The second-order valence-corrected chi connectivity index (χ2v) is 4.49. The largest absolute Gasteiger partial charge is 0.422 e. The number of hydrogen-bond donors (Lipinski definition) is 0. The molecule has 0 aliphatic carbocycles. The number of hydrogen-bond acceptors (Lipinski definition) is 4. The molecule has 86 valence electrons. The van der Waals surface area contributed by atoms with E-state index in [1.54, 1.807) is 13.8 Å². The van der Waals surface area contributed by atoms with Crippen LogP contribution in [0.2, 0.25) is 0 Å². The molecule has 1 aliphatic heterocycles. The lowest BCUT2D eigenvalue weighted by molar-refractivity contribution is -0.242. The van der Waals surface area contributed by atoms with Crippen molar-refractivity contribution in [3.63, 3.8) is 0 Å². The van der Waals surface area contributed by atoms with Gasteiger partial charge in [0.25, 0.3) is 5.79 Å². The molecule has 15 heavy (non-hydrogen) atoms. The van der Waals surface area contributed by atoms with Crippen LogP contribution < -0.4 is 0 Å². The van der Waals surface area contributed by atoms with Crippen molar-refractivity contribution in [1.29, 1.82) is 0 Å². The second-order valence-electron chi connectivity index (χ2n) is 4.49. The summed E-state index contributed by atoms with van der Waals surface area (Å²) in [6.07, 6.45) is 1.75. The van der Waals surface area contributed by atoms with Crippen molar-refractivity contribution in [3.8, 4) is 0 Å². The topological polar surface area (TPSA) is 52.6 Å². The van der Waals surface area contributed by atoms with E-state index in [1.165, 1.54) is 0 Å². The van der Waals surface area contributed by atoms with Crippen LogP contribution >= 0.6 is 0 Å². The monoisotopic (exact) mass is 214 g/mol. The summed E-state index contributed by atoms with van der Waals surface area (Å²) in [5, 5.41) is 0. The van der Waals surface area contributed by atoms with Crippen LogP contribution in [0.1, 0.15) is 40.5 Å². The fourth-order valence-corrected chi connectivity index (χ4v) is 1.82. The molecule has 4 nitrogen and oxygen atoms in total. The number of carbonyl (C=O) groups excluding carboxylic acids is 2. The number of carbonyl (C=O) groups is 2. The van der Waals surface area contributed by atoms with Gasteiger partial charge in [-0.2, -0.15) is 0 Å². The average Bonchev–Trinajstić information content (AvgIpc) is 1.99. The Morgan fingerprint density at radius 3 is 2.13 bits per heavy atom. The number of cyclic esters (lactones) is 2. The van der Waals surface area contributed by atoms with E-state index in [4.69, 9.17) is 9.47 Å². The van der Waals surface area contributed by atoms with Crippen LogP contribution in [0.4, 0.5) is 0 Å². The van der Waals surface area contributed by atoms with Gasteiger partial charge in [-0.15, -0.1) is 0 Å². The van der Waals surface area contributed by atoms with E-state index >= 15 is 0 Å². The fourth-order valence-electron chi connectivity index (χ4n) is 1.82. The zero-order valence-corrected chi connectivity index (χ0v) is 9.70. The van der Waals surface area contributed by atoms with Crippen LogP contribution in [0.15, 0.2) is 0 Å². The maximum atomic E-state index is 11.6. The zero-order valence-electron chi connectivity index (χ0n) is 9.70. The maximum absolute atomic E-state index is 11.6. The van der Waals surface area contributed by atoms with Gasteiger partial charge >= 0.3 is 11.9 Å². The van der Waals surface area contributed by atoms with Crippen molar-refractivity contribution in [1.82, 2.24) is 0 Å². The first-order chi connectivity index (χ1) is 6.87. The summed E-state index contributed by atoms with van der Waals surface area (Å²) >= 11 is 0. The number of esters is 2. The smallest absolute Gasteiger partial charge is 0.323 e. The highest BCUT2D eigenvalue weighted by atomic mass is 16.7. The SMILES string of the molecule is CCCC(C)C1C(=O)OC(C)(C)OC1=O. The van der Waals surface area contributed by atoms with Gasteiger partial charge in [-0.05, 0) is 12.3 Å². The van der Waals surface area contributed by atoms with Crippen molar-refractivity contribution in [2.24, 2.45) is 11.8 Å². The van der Waals surface area contributed by atoms with Crippen LogP contribution in [0.3, 0.4) is 0 Å². The Balaban J connectivity index is 2.75. The summed E-state index contributed by atoms with van der Waals surface area (Å²) < 4.78 is 10.1. The zero-order chi connectivity index (χ0) is 11.6. The molecule has 0 amide bonds. The molecule has 0 N–H and O–H groups in total. The van der Waals surface area contributed by atoms with E-state index in [-0.39, 0.29) is 5.92 Å². The van der Waals surface area contributed by atoms with Gasteiger partial charge in [-0.3, -0.25) is 9.59 Å². The lowest BCUT2D eigenvalue weighted by Crippen LogP contribution is -2.48. The molecular formula is C11H18O4. The summed E-state index contributed by atoms with van der Waals surface area (Å²) in [6.45, 7) is 7.00. The van der Waals surface area contributed by atoms with Gasteiger partial charge < -0.3 is 9.47 Å². The van der Waals surface area contributed by atoms with E-state index in [9.17, 15) is 9.59 Å². The molecule has 0 aromatic carbocycles. The van der Waals surface area contributed by atoms with E-state index in [2.05, 4.69) is 0 Å². The summed E-state index contributed by atoms with van der Waals surface area (Å²) in [4.78, 5) is 23.2. The van der Waals surface area contributed by atoms with Crippen LogP contribution in [0.5, 0.6) is 0 Å². The van der Waals surface area contributed by atoms with Crippen LogP contribution in [0.25, 0.3) is 0 Å². The van der Waals surface area contributed by atoms with Gasteiger partial charge in [0.1, 0.15) is 0 Å². The van der Waals surface area contributed by atoms with Crippen molar-refractivity contribution in [2.45, 2.75) is 46.3 Å². The van der Waals surface area contributed by atoms with E-state index < -0.39 is 23.6 Å². The first-order valence-corrected chi connectivity index (χ1v) is 5.33. The van der Waals surface area contributed by atoms with Gasteiger partial charge in [0.15, 0.2) is 5.92 Å². The highest BCUT2D eigenvalue weighted by molar-refractivity contribution is 5.96. The normalized spacial score (nSPS) is 23.2. The molecule has 1 saturated heterocycles. The molecule has 0 radical (unpaired) electrons. The maximum Gasteiger partial charge on any atom is 0.323 e. The molecule has 0 bridgehead atoms. The first kappa shape index (κ1) is 12.0. The Morgan fingerprint density at radius 2 is 1.73 bits per heavy atom. The molecular weight excluding hydrogens is 196 g/mol. The molecule has 0 aromatic heterocycles. The second kappa shape index (κ2) is 4.21. The Hall–Kier alpha value is -1.06. The predicted octanol–water partition coefficient (Wildman–Crippen LogP) is 1.87. The van der Waals surface area contributed by atoms with Gasteiger partial charge in [-0.1, -0.05) is 20.3 Å². The molecule has 1 fully saturated rings. The standard InChI is InChI=1S/C11H18O4/c1-5-6-7(2)8-9(12)14-11(3,4)15-10(8)13/h7-8H,5-6H2,1-4H3. The molecule has 1 rings (SSSR count). The summed E-state index contributed by atoms with van der Waals surface area (Å²) in [7, 11) is 0. The summed E-state index contributed by atoms with van der Waals surface area (Å²) in [6, 6.07) is 0. The van der Waals surface area contributed by atoms with E-state index in [0.717, 1.165) is 12.8 Å². The quantitative estimate of drug-likeness (QED) is 0.531.